The third-order valence-corrected chi connectivity index (χ3v) is 3.29. The van der Waals surface area contributed by atoms with E-state index in [0.29, 0.717) is 0 Å². The van der Waals surface area contributed by atoms with E-state index in [4.69, 9.17) is 0 Å². The van der Waals surface area contributed by atoms with E-state index in [1.807, 2.05) is 13.0 Å². The van der Waals surface area contributed by atoms with Gasteiger partial charge in [-0.15, -0.1) is 0 Å². The Morgan fingerprint density at radius 3 is 2.90 bits per heavy atom. The summed E-state index contributed by atoms with van der Waals surface area (Å²) >= 11 is 0. The third kappa shape index (κ3) is 3.21. The molecule has 2 aromatic rings. The van der Waals surface area contributed by atoms with E-state index in [0.717, 1.165) is 17.8 Å². The number of imidazole rings is 1. The van der Waals surface area contributed by atoms with Gasteiger partial charge in [0.25, 0.3) is 5.69 Å². The van der Waals surface area contributed by atoms with Crippen molar-refractivity contribution in [2.45, 2.75) is 32.4 Å². The molecule has 2 atom stereocenters. The molecule has 0 saturated carbocycles. The van der Waals surface area contributed by atoms with Crippen molar-refractivity contribution in [2.24, 2.45) is 0 Å². The Morgan fingerprint density at radius 1 is 1.50 bits per heavy atom. The topological polar surface area (TPSA) is 83.8 Å². The van der Waals surface area contributed by atoms with Crippen LogP contribution in [0.25, 0.3) is 0 Å². The van der Waals surface area contributed by atoms with E-state index in [9.17, 15) is 10.1 Å². The Labute approximate surface area is 117 Å². The molecule has 0 aliphatic rings. The second-order valence-electron chi connectivity index (χ2n) is 4.68. The van der Waals surface area contributed by atoms with Crippen molar-refractivity contribution in [3.05, 3.63) is 58.2 Å². The highest BCUT2D eigenvalue weighted by atomic mass is 16.6. The fraction of sp³-hybridized carbons (Fsp3) is 0.357. The number of nitrogens with one attached hydrogen (secondary N) is 2. The molecule has 6 nitrogen and oxygen atoms in total. The van der Waals surface area contributed by atoms with Gasteiger partial charge >= 0.3 is 0 Å². The van der Waals surface area contributed by atoms with Crippen molar-refractivity contribution in [3.63, 3.8) is 0 Å². The molecule has 1 aromatic heterocycles. The summed E-state index contributed by atoms with van der Waals surface area (Å²) in [6.07, 6.45) is 4.39. The lowest BCUT2D eigenvalue weighted by Gasteiger charge is -2.21. The molecule has 0 amide bonds. The van der Waals surface area contributed by atoms with Gasteiger partial charge in [0.05, 0.1) is 11.0 Å². The van der Waals surface area contributed by atoms with E-state index < -0.39 is 0 Å². The van der Waals surface area contributed by atoms with E-state index in [1.54, 1.807) is 24.5 Å². The molecule has 106 valence electrons. The Bertz CT molecular complexity index is 568. The maximum atomic E-state index is 10.8. The van der Waals surface area contributed by atoms with Gasteiger partial charge in [0.1, 0.15) is 5.82 Å². The number of hydrogen-bond donors (Lipinski definition) is 2. The van der Waals surface area contributed by atoms with Crippen molar-refractivity contribution < 1.29 is 4.92 Å². The zero-order valence-electron chi connectivity index (χ0n) is 11.5. The largest absolute Gasteiger partial charge is 0.347 e. The fourth-order valence-electron chi connectivity index (χ4n) is 2.16. The summed E-state index contributed by atoms with van der Waals surface area (Å²) in [6.45, 7) is 4.06. The van der Waals surface area contributed by atoms with Crippen molar-refractivity contribution in [2.75, 3.05) is 0 Å². The number of hydrogen-bond acceptors (Lipinski definition) is 4. The molecule has 0 saturated heterocycles. The van der Waals surface area contributed by atoms with Crippen LogP contribution in [0.3, 0.4) is 0 Å². The molecule has 2 unspecified atom stereocenters. The summed E-state index contributed by atoms with van der Waals surface area (Å²) in [6, 6.07) is 6.80. The third-order valence-electron chi connectivity index (χ3n) is 3.29. The summed E-state index contributed by atoms with van der Waals surface area (Å²) < 4.78 is 0. The summed E-state index contributed by atoms with van der Waals surface area (Å²) in [5, 5.41) is 14.2. The van der Waals surface area contributed by atoms with Crippen molar-refractivity contribution >= 4 is 5.69 Å². The summed E-state index contributed by atoms with van der Waals surface area (Å²) in [5.41, 5.74) is 1.01. The Balaban J connectivity index is 2.13. The number of nitrogens with zero attached hydrogens (tertiary/aromatic N) is 2. The highest BCUT2D eigenvalue weighted by Crippen LogP contribution is 2.22. The first-order valence-electron chi connectivity index (χ1n) is 6.61. The Kier molecular flexibility index (Phi) is 4.47. The van der Waals surface area contributed by atoms with E-state index in [-0.39, 0.29) is 22.7 Å². The van der Waals surface area contributed by atoms with Crippen LogP contribution in [0.15, 0.2) is 36.7 Å². The Hall–Kier alpha value is -2.21. The number of nitro groups is 1. The summed E-state index contributed by atoms with van der Waals surface area (Å²) in [4.78, 5) is 17.8. The lowest BCUT2D eigenvalue weighted by Crippen LogP contribution is -2.25. The molecule has 0 spiro atoms. The van der Waals surface area contributed by atoms with Crippen molar-refractivity contribution in [3.8, 4) is 0 Å². The number of aromatic amines is 1. The lowest BCUT2D eigenvalue weighted by molar-refractivity contribution is -0.384. The van der Waals surface area contributed by atoms with Crippen molar-refractivity contribution in [1.29, 1.82) is 0 Å². The molecular weight excluding hydrogens is 256 g/mol. The number of benzene rings is 1. The number of H-pyrrole nitrogens is 1. The molecule has 2 N–H and O–H groups in total. The molecule has 0 aliphatic carbocycles. The van der Waals surface area contributed by atoms with Crippen LogP contribution in [0.5, 0.6) is 0 Å². The second kappa shape index (κ2) is 6.29. The predicted molar refractivity (Wildman–Crippen MR) is 76.3 cm³/mol. The van der Waals surface area contributed by atoms with Gasteiger partial charge in [-0.05, 0) is 18.9 Å². The summed E-state index contributed by atoms with van der Waals surface area (Å²) in [5.74, 6) is 0.879. The smallest absolute Gasteiger partial charge is 0.269 e. The number of aromatic nitrogens is 2. The SMILES string of the molecule is CCC(NC(C)c1cccc([N+](=O)[O-])c1)c1ncc[nH]1. The van der Waals surface area contributed by atoms with Gasteiger partial charge in [-0.25, -0.2) is 4.98 Å². The first-order chi connectivity index (χ1) is 9.61. The Morgan fingerprint density at radius 2 is 2.30 bits per heavy atom. The molecule has 2 rings (SSSR count). The molecular formula is C14H18N4O2. The molecule has 20 heavy (non-hydrogen) atoms. The van der Waals surface area contributed by atoms with Gasteiger partial charge in [0, 0.05) is 30.6 Å². The lowest BCUT2D eigenvalue weighted by atomic mass is 10.1. The average Bonchev–Trinajstić information content (AvgIpc) is 2.98. The first kappa shape index (κ1) is 14.2. The van der Waals surface area contributed by atoms with Crippen molar-refractivity contribution in [1.82, 2.24) is 15.3 Å². The summed E-state index contributed by atoms with van der Waals surface area (Å²) in [7, 11) is 0. The predicted octanol–water partition coefficient (Wildman–Crippen LogP) is 3.12. The van der Waals surface area contributed by atoms with Crippen LogP contribution in [-0.4, -0.2) is 14.9 Å². The number of non-ortho nitro benzene ring substituents is 1. The normalized spacial score (nSPS) is 13.9. The highest BCUT2D eigenvalue weighted by Gasteiger charge is 2.17. The quantitative estimate of drug-likeness (QED) is 0.626. The molecule has 0 radical (unpaired) electrons. The molecule has 0 fully saturated rings. The molecule has 1 aromatic carbocycles. The molecule has 0 aliphatic heterocycles. The van der Waals surface area contributed by atoms with E-state index >= 15 is 0 Å². The zero-order chi connectivity index (χ0) is 14.5. The van der Waals surface area contributed by atoms with E-state index in [2.05, 4.69) is 22.2 Å². The monoisotopic (exact) mass is 274 g/mol. The standard InChI is InChI=1S/C14H18N4O2/c1-3-13(14-15-7-8-16-14)17-10(2)11-5-4-6-12(9-11)18(19)20/h4-10,13,17H,3H2,1-2H3,(H,15,16). The first-order valence-corrected chi connectivity index (χ1v) is 6.61. The van der Waals surface area contributed by atoms with Gasteiger partial charge in [-0.1, -0.05) is 19.1 Å². The van der Waals surface area contributed by atoms with Gasteiger partial charge in [-0.2, -0.15) is 0 Å². The van der Waals surface area contributed by atoms with Gasteiger partial charge in [0.2, 0.25) is 0 Å². The number of rotatable bonds is 6. The van der Waals surface area contributed by atoms with Gasteiger partial charge in [-0.3, -0.25) is 10.1 Å². The van der Waals surface area contributed by atoms with Crippen LogP contribution in [0.2, 0.25) is 0 Å². The minimum Gasteiger partial charge on any atom is -0.347 e. The zero-order valence-corrected chi connectivity index (χ0v) is 11.5. The highest BCUT2D eigenvalue weighted by molar-refractivity contribution is 5.35. The molecule has 6 heteroatoms. The number of nitro benzene ring substituents is 1. The molecule has 1 heterocycles. The van der Waals surface area contributed by atoms with Crippen LogP contribution >= 0.6 is 0 Å². The van der Waals surface area contributed by atoms with Crippen LogP contribution in [0.4, 0.5) is 5.69 Å². The van der Waals surface area contributed by atoms with Crippen LogP contribution in [0.1, 0.15) is 43.7 Å². The average molecular weight is 274 g/mol. The van der Waals surface area contributed by atoms with Crippen LogP contribution in [-0.2, 0) is 0 Å². The minimum atomic E-state index is -0.375. The van der Waals surface area contributed by atoms with Gasteiger partial charge < -0.3 is 10.3 Å². The maximum absolute atomic E-state index is 10.8. The maximum Gasteiger partial charge on any atom is 0.269 e. The van der Waals surface area contributed by atoms with E-state index in [1.165, 1.54) is 6.07 Å². The minimum absolute atomic E-state index is 0.00458. The van der Waals surface area contributed by atoms with Crippen LogP contribution < -0.4 is 5.32 Å². The van der Waals surface area contributed by atoms with Gasteiger partial charge in [0.15, 0.2) is 0 Å². The fourth-order valence-corrected chi connectivity index (χ4v) is 2.16. The molecule has 0 bridgehead atoms. The second-order valence-corrected chi connectivity index (χ2v) is 4.68. The van der Waals surface area contributed by atoms with Crippen LogP contribution in [0, 0.1) is 10.1 Å².